The zero-order valence-electron chi connectivity index (χ0n) is 11.5. The van der Waals surface area contributed by atoms with Crippen molar-refractivity contribution in [3.63, 3.8) is 0 Å². The van der Waals surface area contributed by atoms with Gasteiger partial charge in [0, 0.05) is 6.54 Å². The van der Waals surface area contributed by atoms with E-state index in [1.165, 1.54) is 5.56 Å². The first kappa shape index (κ1) is 12.6. The van der Waals surface area contributed by atoms with Crippen molar-refractivity contribution in [3.05, 3.63) is 48.4 Å². The number of benzene rings is 1. The molecule has 102 valence electrons. The lowest BCUT2D eigenvalue weighted by Crippen LogP contribution is -2.05. The molecule has 0 atom stereocenters. The van der Waals surface area contributed by atoms with Gasteiger partial charge in [0.15, 0.2) is 5.65 Å². The summed E-state index contributed by atoms with van der Waals surface area (Å²) in [5.74, 6) is 0.858. The molecular formula is C15H17N5. The molecule has 1 aromatic carbocycles. The van der Waals surface area contributed by atoms with Gasteiger partial charge in [-0.3, -0.25) is 0 Å². The average Bonchev–Trinajstić information content (AvgIpc) is 2.90. The first-order valence-electron chi connectivity index (χ1n) is 6.83. The lowest BCUT2D eigenvalue weighted by Gasteiger charge is -2.05. The average molecular weight is 267 g/mol. The summed E-state index contributed by atoms with van der Waals surface area (Å²) in [5.41, 5.74) is 2.07. The van der Waals surface area contributed by atoms with Crippen LogP contribution in [0.2, 0.25) is 0 Å². The van der Waals surface area contributed by atoms with E-state index in [9.17, 15) is 0 Å². The summed E-state index contributed by atoms with van der Waals surface area (Å²) in [5, 5.41) is 8.71. The minimum Gasteiger partial charge on any atom is -0.369 e. The standard InChI is InChI=1S/C15H17N5/c1-2-8-16-14-13-9-19-20(15(13)18-11-17-14)10-12-6-4-3-5-7-12/h3-7,9,11H,2,8,10H2,1H3,(H,16,17,18). The third-order valence-electron chi connectivity index (χ3n) is 3.15. The summed E-state index contributed by atoms with van der Waals surface area (Å²) in [6.45, 7) is 3.74. The summed E-state index contributed by atoms with van der Waals surface area (Å²) >= 11 is 0. The molecule has 3 aromatic rings. The largest absolute Gasteiger partial charge is 0.369 e. The SMILES string of the molecule is CCCNc1ncnc2c1cnn2Cc1ccccc1. The summed E-state index contributed by atoms with van der Waals surface area (Å²) in [4.78, 5) is 8.64. The Morgan fingerprint density at radius 2 is 2.00 bits per heavy atom. The van der Waals surface area contributed by atoms with Crippen molar-refractivity contribution in [2.75, 3.05) is 11.9 Å². The Bertz CT molecular complexity index is 690. The molecule has 2 aromatic heterocycles. The van der Waals surface area contributed by atoms with E-state index < -0.39 is 0 Å². The second-order valence-electron chi connectivity index (χ2n) is 4.67. The maximum absolute atomic E-state index is 4.43. The second kappa shape index (κ2) is 5.69. The van der Waals surface area contributed by atoms with Crippen LogP contribution in [-0.2, 0) is 6.54 Å². The number of nitrogens with zero attached hydrogens (tertiary/aromatic N) is 4. The lowest BCUT2D eigenvalue weighted by atomic mass is 10.2. The van der Waals surface area contributed by atoms with Gasteiger partial charge in [0.1, 0.15) is 12.1 Å². The van der Waals surface area contributed by atoms with Gasteiger partial charge in [0.2, 0.25) is 0 Å². The van der Waals surface area contributed by atoms with E-state index in [1.54, 1.807) is 6.33 Å². The molecule has 0 spiro atoms. The molecule has 0 aliphatic rings. The summed E-state index contributed by atoms with van der Waals surface area (Å²) < 4.78 is 1.91. The highest BCUT2D eigenvalue weighted by Crippen LogP contribution is 2.19. The number of nitrogens with one attached hydrogen (secondary N) is 1. The molecule has 0 saturated heterocycles. The van der Waals surface area contributed by atoms with Crippen molar-refractivity contribution < 1.29 is 0 Å². The van der Waals surface area contributed by atoms with Gasteiger partial charge in [0.05, 0.1) is 18.1 Å². The van der Waals surface area contributed by atoms with Crippen molar-refractivity contribution in [1.82, 2.24) is 19.7 Å². The van der Waals surface area contributed by atoms with Crippen LogP contribution in [-0.4, -0.2) is 26.3 Å². The number of hydrogen-bond acceptors (Lipinski definition) is 4. The summed E-state index contributed by atoms with van der Waals surface area (Å²) in [7, 11) is 0. The van der Waals surface area contributed by atoms with Crippen LogP contribution >= 0.6 is 0 Å². The first-order chi connectivity index (χ1) is 9.88. The Balaban J connectivity index is 1.93. The number of rotatable bonds is 5. The Labute approximate surface area is 117 Å². The second-order valence-corrected chi connectivity index (χ2v) is 4.67. The van der Waals surface area contributed by atoms with E-state index in [-0.39, 0.29) is 0 Å². The maximum atomic E-state index is 4.43. The van der Waals surface area contributed by atoms with Crippen LogP contribution in [0.15, 0.2) is 42.9 Å². The molecule has 0 saturated carbocycles. The zero-order valence-corrected chi connectivity index (χ0v) is 11.5. The first-order valence-corrected chi connectivity index (χ1v) is 6.83. The zero-order chi connectivity index (χ0) is 13.8. The van der Waals surface area contributed by atoms with E-state index in [2.05, 4.69) is 39.4 Å². The van der Waals surface area contributed by atoms with Gasteiger partial charge in [-0.15, -0.1) is 0 Å². The molecule has 0 aliphatic carbocycles. The van der Waals surface area contributed by atoms with E-state index in [0.717, 1.165) is 29.8 Å². The molecule has 5 heteroatoms. The van der Waals surface area contributed by atoms with Crippen LogP contribution < -0.4 is 5.32 Å². The van der Waals surface area contributed by atoms with Crippen LogP contribution in [0.5, 0.6) is 0 Å². The predicted molar refractivity (Wildman–Crippen MR) is 79.6 cm³/mol. The number of aromatic nitrogens is 4. The molecule has 2 heterocycles. The van der Waals surface area contributed by atoms with Crippen LogP contribution in [0.25, 0.3) is 11.0 Å². The molecule has 5 nitrogen and oxygen atoms in total. The van der Waals surface area contributed by atoms with Crippen LogP contribution in [0.4, 0.5) is 5.82 Å². The molecule has 0 unspecified atom stereocenters. The van der Waals surface area contributed by atoms with E-state index in [4.69, 9.17) is 0 Å². The van der Waals surface area contributed by atoms with Crippen LogP contribution in [0.1, 0.15) is 18.9 Å². The molecule has 0 aliphatic heterocycles. The molecule has 0 amide bonds. The van der Waals surface area contributed by atoms with Crippen molar-refractivity contribution in [1.29, 1.82) is 0 Å². The minimum atomic E-state index is 0.717. The van der Waals surface area contributed by atoms with E-state index >= 15 is 0 Å². The Kier molecular flexibility index (Phi) is 3.58. The van der Waals surface area contributed by atoms with Crippen molar-refractivity contribution in [2.24, 2.45) is 0 Å². The van der Waals surface area contributed by atoms with Crippen molar-refractivity contribution in [2.45, 2.75) is 19.9 Å². The topological polar surface area (TPSA) is 55.6 Å². The predicted octanol–water partition coefficient (Wildman–Crippen LogP) is 2.70. The van der Waals surface area contributed by atoms with Crippen LogP contribution in [0, 0.1) is 0 Å². The quantitative estimate of drug-likeness (QED) is 0.772. The molecule has 0 bridgehead atoms. The highest BCUT2D eigenvalue weighted by Gasteiger charge is 2.09. The summed E-state index contributed by atoms with van der Waals surface area (Å²) in [6, 6.07) is 10.3. The lowest BCUT2D eigenvalue weighted by molar-refractivity contribution is 0.703. The van der Waals surface area contributed by atoms with Gasteiger partial charge >= 0.3 is 0 Å². The van der Waals surface area contributed by atoms with Gasteiger partial charge in [-0.2, -0.15) is 5.10 Å². The van der Waals surface area contributed by atoms with Gasteiger partial charge in [0.25, 0.3) is 0 Å². The third kappa shape index (κ3) is 2.47. The number of anilines is 1. The van der Waals surface area contributed by atoms with Crippen LogP contribution in [0.3, 0.4) is 0 Å². The Morgan fingerprint density at radius 1 is 1.15 bits per heavy atom. The van der Waals surface area contributed by atoms with Gasteiger partial charge < -0.3 is 5.32 Å². The van der Waals surface area contributed by atoms with Crippen molar-refractivity contribution >= 4 is 16.9 Å². The van der Waals surface area contributed by atoms with Crippen molar-refractivity contribution in [3.8, 4) is 0 Å². The minimum absolute atomic E-state index is 0.717. The summed E-state index contributed by atoms with van der Waals surface area (Å²) in [6.07, 6.45) is 4.48. The Hall–Kier alpha value is -2.43. The monoisotopic (exact) mass is 267 g/mol. The highest BCUT2D eigenvalue weighted by molar-refractivity contribution is 5.86. The fourth-order valence-electron chi connectivity index (χ4n) is 2.15. The Morgan fingerprint density at radius 3 is 2.80 bits per heavy atom. The number of hydrogen-bond donors (Lipinski definition) is 1. The van der Waals surface area contributed by atoms with Gasteiger partial charge in [-0.1, -0.05) is 37.3 Å². The van der Waals surface area contributed by atoms with Gasteiger partial charge in [-0.25, -0.2) is 14.6 Å². The highest BCUT2D eigenvalue weighted by atomic mass is 15.3. The molecule has 1 N–H and O–H groups in total. The molecule has 0 fully saturated rings. The van der Waals surface area contributed by atoms with E-state index in [0.29, 0.717) is 6.54 Å². The van der Waals surface area contributed by atoms with E-state index in [1.807, 2.05) is 29.1 Å². The molecule has 0 radical (unpaired) electrons. The number of fused-ring (bicyclic) bond motifs is 1. The maximum Gasteiger partial charge on any atom is 0.163 e. The fourth-order valence-corrected chi connectivity index (χ4v) is 2.15. The third-order valence-corrected chi connectivity index (χ3v) is 3.15. The smallest absolute Gasteiger partial charge is 0.163 e. The normalized spacial score (nSPS) is 10.8. The molecule has 3 rings (SSSR count). The van der Waals surface area contributed by atoms with Gasteiger partial charge in [-0.05, 0) is 12.0 Å². The molecule has 20 heavy (non-hydrogen) atoms. The fraction of sp³-hybridized carbons (Fsp3) is 0.267. The molecular weight excluding hydrogens is 250 g/mol.